The fourth-order valence-electron chi connectivity index (χ4n) is 3.42. The first kappa shape index (κ1) is 31.8. The lowest BCUT2D eigenvalue weighted by atomic mass is 10.1. The molecule has 11 nitrogen and oxygen atoms in total. The molecule has 11 heteroatoms. The minimum Gasteiger partial charge on any atom is -0.461 e. The van der Waals surface area contributed by atoms with Crippen LogP contribution < -0.4 is 16.4 Å². The second kappa shape index (κ2) is 15.9. The molecule has 2 aromatic rings. The third-order valence-corrected chi connectivity index (χ3v) is 5.43. The Morgan fingerprint density at radius 3 is 1.60 bits per heavy atom. The number of ether oxygens (including phenoxy) is 3. The van der Waals surface area contributed by atoms with Crippen molar-refractivity contribution in [2.75, 3.05) is 0 Å². The first-order valence-corrected chi connectivity index (χ1v) is 12.9. The van der Waals surface area contributed by atoms with Crippen LogP contribution in [0, 0.1) is 0 Å². The number of benzene rings is 2. The van der Waals surface area contributed by atoms with Crippen molar-refractivity contribution >= 4 is 29.8 Å². The monoisotopic (exact) mass is 555 g/mol. The lowest BCUT2D eigenvalue weighted by molar-refractivity contribution is -0.146. The molecule has 0 saturated heterocycles. The Hall–Kier alpha value is -4.41. The Kier molecular flexibility index (Phi) is 12.6. The lowest BCUT2D eigenvalue weighted by Crippen LogP contribution is -2.53. The summed E-state index contributed by atoms with van der Waals surface area (Å²) in [4.78, 5) is 61.9. The van der Waals surface area contributed by atoms with E-state index >= 15 is 0 Å². The maximum atomic E-state index is 13.0. The zero-order valence-corrected chi connectivity index (χ0v) is 23.0. The van der Waals surface area contributed by atoms with Crippen LogP contribution >= 0.6 is 0 Å². The van der Waals surface area contributed by atoms with E-state index in [1.54, 1.807) is 45.0 Å². The van der Waals surface area contributed by atoms with E-state index in [2.05, 4.69) is 10.6 Å². The zero-order chi connectivity index (χ0) is 29.5. The molecule has 2 atom stereocenters. The van der Waals surface area contributed by atoms with Crippen LogP contribution in [0.15, 0.2) is 60.7 Å². The van der Waals surface area contributed by atoms with Crippen molar-refractivity contribution in [3.8, 4) is 0 Å². The van der Waals surface area contributed by atoms with Crippen LogP contribution in [0.2, 0.25) is 0 Å². The number of primary amides is 1. The Labute approximate surface area is 233 Å². The predicted octanol–water partition coefficient (Wildman–Crippen LogP) is 2.90. The number of carbonyl (C=O) groups excluding carboxylic acids is 5. The van der Waals surface area contributed by atoms with Crippen molar-refractivity contribution in [2.45, 2.75) is 77.4 Å². The van der Waals surface area contributed by atoms with Gasteiger partial charge in [0, 0.05) is 12.8 Å². The van der Waals surface area contributed by atoms with Crippen molar-refractivity contribution in [1.29, 1.82) is 0 Å². The first-order chi connectivity index (χ1) is 18.9. The number of hydrogen-bond donors (Lipinski definition) is 3. The number of amides is 3. The molecule has 2 rings (SSSR count). The van der Waals surface area contributed by atoms with Gasteiger partial charge in [0.25, 0.3) is 0 Å². The van der Waals surface area contributed by atoms with Gasteiger partial charge in [0.2, 0.25) is 11.8 Å². The molecule has 40 heavy (non-hydrogen) atoms. The van der Waals surface area contributed by atoms with Gasteiger partial charge in [0.05, 0.1) is 0 Å². The first-order valence-electron chi connectivity index (χ1n) is 12.9. The van der Waals surface area contributed by atoms with Gasteiger partial charge in [0.1, 0.15) is 30.9 Å². The minimum absolute atomic E-state index is 0.0557. The summed E-state index contributed by atoms with van der Waals surface area (Å²) in [5.74, 6) is -2.81. The highest BCUT2D eigenvalue weighted by atomic mass is 16.6. The number of esters is 2. The average Bonchev–Trinajstić information content (AvgIpc) is 2.90. The van der Waals surface area contributed by atoms with Crippen LogP contribution in [-0.2, 0) is 46.6 Å². The van der Waals surface area contributed by atoms with Crippen molar-refractivity contribution < 1.29 is 38.2 Å². The molecular formula is C29H37N3O8. The van der Waals surface area contributed by atoms with Crippen molar-refractivity contribution in [2.24, 2.45) is 5.73 Å². The van der Waals surface area contributed by atoms with Gasteiger partial charge >= 0.3 is 18.0 Å². The van der Waals surface area contributed by atoms with Crippen molar-refractivity contribution in [3.05, 3.63) is 71.8 Å². The third-order valence-electron chi connectivity index (χ3n) is 5.43. The van der Waals surface area contributed by atoms with Crippen molar-refractivity contribution in [3.63, 3.8) is 0 Å². The third kappa shape index (κ3) is 12.9. The molecule has 0 saturated carbocycles. The van der Waals surface area contributed by atoms with Crippen LogP contribution in [0.4, 0.5) is 4.79 Å². The van der Waals surface area contributed by atoms with Crippen LogP contribution in [-0.4, -0.2) is 47.5 Å². The zero-order valence-electron chi connectivity index (χ0n) is 23.0. The predicted molar refractivity (Wildman–Crippen MR) is 145 cm³/mol. The van der Waals surface area contributed by atoms with Crippen LogP contribution in [0.5, 0.6) is 0 Å². The molecule has 2 aromatic carbocycles. The summed E-state index contributed by atoms with van der Waals surface area (Å²) in [5.41, 5.74) is 6.20. The van der Waals surface area contributed by atoms with E-state index < -0.39 is 47.5 Å². The smallest absolute Gasteiger partial charge is 0.408 e. The van der Waals surface area contributed by atoms with Crippen molar-refractivity contribution in [1.82, 2.24) is 10.6 Å². The summed E-state index contributed by atoms with van der Waals surface area (Å²) in [5, 5.41) is 4.88. The summed E-state index contributed by atoms with van der Waals surface area (Å²) in [6, 6.07) is 15.7. The van der Waals surface area contributed by atoms with Crippen LogP contribution in [0.25, 0.3) is 0 Å². The Morgan fingerprint density at radius 1 is 0.725 bits per heavy atom. The molecule has 4 N–H and O–H groups in total. The summed E-state index contributed by atoms with van der Waals surface area (Å²) in [6.07, 6.45) is -1.52. The molecule has 0 fully saturated rings. The van der Waals surface area contributed by atoms with E-state index in [-0.39, 0.29) is 38.9 Å². The Balaban J connectivity index is 1.95. The summed E-state index contributed by atoms with van der Waals surface area (Å²) < 4.78 is 15.7. The molecule has 0 aliphatic rings. The standard InChI is InChI=1S/C29H37N3O8/c1-29(2,3)40-28(37)32-23(15-17-25(34)39-19-21-12-8-5-9-13-21)27(36)31-22(26(30)35)14-16-24(33)38-18-20-10-6-4-7-11-20/h4-13,22-23H,14-19H2,1-3H3,(H2,30,35)(H,31,36)(H,32,37). The van der Waals surface area contributed by atoms with Gasteiger partial charge in [-0.15, -0.1) is 0 Å². The molecular weight excluding hydrogens is 518 g/mol. The molecule has 0 heterocycles. The molecule has 0 radical (unpaired) electrons. The van der Waals surface area contributed by atoms with E-state index in [0.717, 1.165) is 11.1 Å². The lowest BCUT2D eigenvalue weighted by Gasteiger charge is -2.24. The van der Waals surface area contributed by atoms with Gasteiger partial charge in [-0.1, -0.05) is 60.7 Å². The highest BCUT2D eigenvalue weighted by Crippen LogP contribution is 2.10. The van der Waals surface area contributed by atoms with Gasteiger partial charge in [-0.2, -0.15) is 0 Å². The highest BCUT2D eigenvalue weighted by Gasteiger charge is 2.28. The minimum atomic E-state index is -1.24. The fraction of sp³-hybridized carbons (Fsp3) is 0.414. The SMILES string of the molecule is CC(C)(C)OC(=O)NC(CCC(=O)OCc1ccccc1)C(=O)NC(CCC(=O)OCc1ccccc1)C(N)=O. The molecule has 2 unspecified atom stereocenters. The Morgan fingerprint density at radius 2 is 1.18 bits per heavy atom. The van der Waals surface area contributed by atoms with E-state index in [1.807, 2.05) is 36.4 Å². The number of nitrogens with two attached hydrogens (primary N) is 1. The highest BCUT2D eigenvalue weighted by molar-refractivity contribution is 5.91. The molecule has 216 valence electrons. The molecule has 0 aliphatic heterocycles. The number of rotatable bonds is 14. The molecule has 3 amide bonds. The van der Waals surface area contributed by atoms with Gasteiger partial charge in [0.15, 0.2) is 0 Å². The molecule has 0 aliphatic carbocycles. The Bertz CT molecular complexity index is 1130. The van der Waals surface area contributed by atoms with E-state index in [1.165, 1.54) is 0 Å². The van der Waals surface area contributed by atoms with E-state index in [4.69, 9.17) is 19.9 Å². The topological polar surface area (TPSA) is 163 Å². The van der Waals surface area contributed by atoms with Crippen LogP contribution in [0.3, 0.4) is 0 Å². The average molecular weight is 556 g/mol. The second-order valence-corrected chi connectivity index (χ2v) is 10.0. The molecule has 0 spiro atoms. The van der Waals surface area contributed by atoms with E-state index in [0.29, 0.717) is 0 Å². The number of alkyl carbamates (subject to hydrolysis) is 1. The second-order valence-electron chi connectivity index (χ2n) is 10.0. The van der Waals surface area contributed by atoms with Crippen LogP contribution in [0.1, 0.15) is 57.6 Å². The normalized spacial score (nSPS) is 12.4. The summed E-state index contributed by atoms with van der Waals surface area (Å²) >= 11 is 0. The van der Waals surface area contributed by atoms with E-state index in [9.17, 15) is 24.0 Å². The maximum Gasteiger partial charge on any atom is 0.408 e. The van der Waals surface area contributed by atoms with Gasteiger partial charge in [-0.3, -0.25) is 19.2 Å². The largest absolute Gasteiger partial charge is 0.461 e. The molecule has 0 bridgehead atoms. The number of nitrogens with one attached hydrogen (secondary N) is 2. The quantitative estimate of drug-likeness (QED) is 0.237. The molecule has 0 aromatic heterocycles. The van der Waals surface area contributed by atoms with Gasteiger partial charge in [-0.25, -0.2) is 4.79 Å². The van der Waals surface area contributed by atoms with Gasteiger partial charge in [-0.05, 0) is 44.7 Å². The maximum absolute atomic E-state index is 13.0. The number of carbonyl (C=O) groups is 5. The number of hydrogen-bond acceptors (Lipinski definition) is 8. The van der Waals surface area contributed by atoms with Gasteiger partial charge < -0.3 is 30.6 Å². The summed E-state index contributed by atoms with van der Waals surface area (Å²) in [6.45, 7) is 5.09. The summed E-state index contributed by atoms with van der Waals surface area (Å²) in [7, 11) is 0. The fourth-order valence-corrected chi connectivity index (χ4v) is 3.42.